The van der Waals surface area contributed by atoms with Gasteiger partial charge in [0.1, 0.15) is 0 Å². The SMILES string of the molecule is CC1CNC2(CCCCC2)CN1CC1CSCCS1. The number of nitrogens with one attached hydrogen (secondary N) is 1. The van der Waals surface area contributed by atoms with Crippen LogP contribution in [0.5, 0.6) is 0 Å². The summed E-state index contributed by atoms with van der Waals surface area (Å²) in [5.41, 5.74) is 0.469. The van der Waals surface area contributed by atoms with E-state index in [0.29, 0.717) is 5.54 Å². The van der Waals surface area contributed by atoms with Gasteiger partial charge in [0, 0.05) is 53.7 Å². The van der Waals surface area contributed by atoms with Gasteiger partial charge in [-0.1, -0.05) is 19.3 Å². The number of rotatable bonds is 2. The van der Waals surface area contributed by atoms with Gasteiger partial charge >= 0.3 is 0 Å². The molecule has 3 rings (SSSR count). The van der Waals surface area contributed by atoms with Crippen LogP contribution >= 0.6 is 23.5 Å². The standard InChI is InChI=1S/C15H28N2S2/c1-13-9-16-15(5-3-2-4-6-15)12-17(13)10-14-11-18-7-8-19-14/h13-14,16H,2-12H2,1H3. The molecule has 0 aromatic heterocycles. The quantitative estimate of drug-likeness (QED) is 0.843. The van der Waals surface area contributed by atoms with Crippen LogP contribution in [0.25, 0.3) is 0 Å². The van der Waals surface area contributed by atoms with E-state index in [1.54, 1.807) is 0 Å². The third kappa shape index (κ3) is 3.63. The Kier molecular flexibility index (Phi) is 5.05. The summed E-state index contributed by atoms with van der Waals surface area (Å²) in [7, 11) is 0. The maximum Gasteiger partial charge on any atom is 0.0309 e. The highest BCUT2D eigenvalue weighted by Gasteiger charge is 2.39. The molecule has 1 aliphatic carbocycles. The van der Waals surface area contributed by atoms with Gasteiger partial charge in [-0.2, -0.15) is 23.5 Å². The van der Waals surface area contributed by atoms with E-state index in [1.165, 1.54) is 69.0 Å². The van der Waals surface area contributed by atoms with Crippen LogP contribution in [0.15, 0.2) is 0 Å². The molecular weight excluding hydrogens is 272 g/mol. The summed E-state index contributed by atoms with van der Waals surface area (Å²) in [6.07, 6.45) is 7.13. The minimum absolute atomic E-state index is 0.469. The van der Waals surface area contributed by atoms with Crippen LogP contribution in [-0.2, 0) is 0 Å². The van der Waals surface area contributed by atoms with Crippen LogP contribution in [0.3, 0.4) is 0 Å². The lowest BCUT2D eigenvalue weighted by Gasteiger charge is -2.49. The molecule has 0 aromatic rings. The fraction of sp³-hybridized carbons (Fsp3) is 1.00. The zero-order valence-corrected chi connectivity index (χ0v) is 13.8. The van der Waals surface area contributed by atoms with Gasteiger partial charge in [-0.05, 0) is 19.8 Å². The molecule has 1 saturated carbocycles. The zero-order valence-electron chi connectivity index (χ0n) is 12.2. The highest BCUT2D eigenvalue weighted by molar-refractivity contribution is 8.06. The zero-order chi connectivity index (χ0) is 13.1. The Balaban J connectivity index is 1.58. The van der Waals surface area contributed by atoms with Crippen molar-refractivity contribution < 1.29 is 0 Å². The second kappa shape index (κ2) is 6.59. The highest BCUT2D eigenvalue weighted by Crippen LogP contribution is 2.33. The molecule has 19 heavy (non-hydrogen) atoms. The van der Waals surface area contributed by atoms with Crippen molar-refractivity contribution in [3.8, 4) is 0 Å². The predicted octanol–water partition coefficient (Wildman–Crippen LogP) is 2.83. The topological polar surface area (TPSA) is 15.3 Å². The Morgan fingerprint density at radius 1 is 1.21 bits per heavy atom. The van der Waals surface area contributed by atoms with E-state index in [2.05, 4.69) is 40.7 Å². The summed E-state index contributed by atoms with van der Waals surface area (Å²) in [5, 5.41) is 4.77. The van der Waals surface area contributed by atoms with E-state index >= 15 is 0 Å². The molecule has 1 N–H and O–H groups in total. The molecule has 2 unspecified atom stereocenters. The van der Waals surface area contributed by atoms with Crippen LogP contribution in [0.1, 0.15) is 39.0 Å². The molecule has 2 heterocycles. The minimum Gasteiger partial charge on any atom is -0.308 e. The lowest BCUT2D eigenvalue weighted by molar-refractivity contribution is 0.0642. The Hall–Kier alpha value is 0.620. The summed E-state index contributed by atoms with van der Waals surface area (Å²) in [6.45, 7) is 6.23. The smallest absolute Gasteiger partial charge is 0.0309 e. The molecule has 2 atom stereocenters. The molecule has 0 amide bonds. The van der Waals surface area contributed by atoms with Crippen molar-refractivity contribution in [3.63, 3.8) is 0 Å². The molecule has 2 saturated heterocycles. The van der Waals surface area contributed by atoms with Crippen molar-refractivity contribution in [1.82, 2.24) is 10.2 Å². The van der Waals surface area contributed by atoms with Crippen molar-refractivity contribution in [3.05, 3.63) is 0 Å². The third-order valence-corrected chi connectivity index (χ3v) is 7.86. The molecule has 0 radical (unpaired) electrons. The van der Waals surface area contributed by atoms with Gasteiger partial charge in [0.05, 0.1) is 0 Å². The van der Waals surface area contributed by atoms with Crippen molar-refractivity contribution in [1.29, 1.82) is 0 Å². The minimum atomic E-state index is 0.469. The number of nitrogens with zero attached hydrogens (tertiary/aromatic N) is 1. The van der Waals surface area contributed by atoms with Crippen LogP contribution in [-0.4, -0.2) is 58.6 Å². The first-order chi connectivity index (χ1) is 9.27. The van der Waals surface area contributed by atoms with E-state index in [4.69, 9.17) is 0 Å². The molecule has 0 bridgehead atoms. The molecule has 110 valence electrons. The van der Waals surface area contributed by atoms with E-state index in [9.17, 15) is 0 Å². The van der Waals surface area contributed by atoms with Crippen LogP contribution in [0.4, 0.5) is 0 Å². The average molecular weight is 301 g/mol. The summed E-state index contributed by atoms with van der Waals surface area (Å²) in [4.78, 5) is 2.80. The van der Waals surface area contributed by atoms with E-state index in [-0.39, 0.29) is 0 Å². The first kappa shape index (κ1) is 14.6. The normalized spacial score (nSPS) is 36.5. The maximum absolute atomic E-state index is 3.90. The number of thioether (sulfide) groups is 2. The van der Waals surface area contributed by atoms with Crippen LogP contribution < -0.4 is 5.32 Å². The van der Waals surface area contributed by atoms with E-state index in [1.807, 2.05) is 0 Å². The highest BCUT2D eigenvalue weighted by atomic mass is 32.2. The number of hydrogen-bond donors (Lipinski definition) is 1. The molecular formula is C15H28N2S2. The third-order valence-electron chi connectivity index (χ3n) is 5.04. The van der Waals surface area contributed by atoms with E-state index in [0.717, 1.165) is 11.3 Å². The second-order valence-corrected chi connectivity index (χ2v) is 9.13. The van der Waals surface area contributed by atoms with Gasteiger partial charge in [-0.25, -0.2) is 0 Å². The van der Waals surface area contributed by atoms with Gasteiger partial charge < -0.3 is 5.32 Å². The largest absolute Gasteiger partial charge is 0.308 e. The van der Waals surface area contributed by atoms with Crippen molar-refractivity contribution in [2.75, 3.05) is 36.9 Å². The van der Waals surface area contributed by atoms with Gasteiger partial charge in [-0.3, -0.25) is 4.90 Å². The Labute approximate surface area is 126 Å². The molecule has 0 aromatic carbocycles. The fourth-order valence-electron chi connectivity index (χ4n) is 3.81. The molecule has 2 nitrogen and oxygen atoms in total. The Bertz CT molecular complexity index is 286. The summed E-state index contributed by atoms with van der Waals surface area (Å²) in [5.74, 6) is 4.09. The maximum atomic E-state index is 3.90. The first-order valence-corrected chi connectivity index (χ1v) is 10.2. The summed E-state index contributed by atoms with van der Waals surface area (Å²) < 4.78 is 0. The molecule has 4 heteroatoms. The van der Waals surface area contributed by atoms with E-state index < -0.39 is 0 Å². The summed E-state index contributed by atoms with van der Waals surface area (Å²) in [6, 6.07) is 0.722. The molecule has 3 fully saturated rings. The van der Waals surface area contributed by atoms with Crippen molar-refractivity contribution in [2.24, 2.45) is 0 Å². The van der Waals surface area contributed by atoms with Crippen molar-refractivity contribution in [2.45, 2.75) is 55.9 Å². The first-order valence-electron chi connectivity index (χ1n) is 7.96. The van der Waals surface area contributed by atoms with Gasteiger partial charge in [0.25, 0.3) is 0 Å². The fourth-order valence-corrected chi connectivity index (χ4v) is 6.50. The van der Waals surface area contributed by atoms with Gasteiger partial charge in [-0.15, -0.1) is 0 Å². The predicted molar refractivity (Wildman–Crippen MR) is 88.4 cm³/mol. The molecule has 1 spiro atoms. The average Bonchev–Trinajstić information content (AvgIpc) is 2.45. The monoisotopic (exact) mass is 300 g/mol. The van der Waals surface area contributed by atoms with Crippen molar-refractivity contribution >= 4 is 23.5 Å². The molecule has 3 aliphatic rings. The summed E-state index contributed by atoms with van der Waals surface area (Å²) >= 11 is 4.37. The number of piperazine rings is 1. The Morgan fingerprint density at radius 2 is 2.05 bits per heavy atom. The Morgan fingerprint density at radius 3 is 2.79 bits per heavy atom. The lowest BCUT2D eigenvalue weighted by Crippen LogP contribution is -2.64. The number of hydrogen-bond acceptors (Lipinski definition) is 4. The lowest BCUT2D eigenvalue weighted by atomic mass is 9.79. The molecule has 2 aliphatic heterocycles. The van der Waals surface area contributed by atoms with Crippen LogP contribution in [0.2, 0.25) is 0 Å². The second-order valence-electron chi connectivity index (χ2n) is 6.57. The van der Waals surface area contributed by atoms with Gasteiger partial charge in [0.15, 0.2) is 0 Å². The van der Waals surface area contributed by atoms with Gasteiger partial charge in [0.2, 0.25) is 0 Å². The van der Waals surface area contributed by atoms with Crippen LogP contribution in [0, 0.1) is 0 Å².